The number of nitrogens with zero attached hydrogens (tertiary/aromatic N) is 4. The monoisotopic (exact) mass is 398 g/mol. The zero-order chi connectivity index (χ0) is 21.1. The molecule has 0 fully saturated rings. The van der Waals surface area contributed by atoms with Crippen molar-refractivity contribution in [3.05, 3.63) is 105 Å². The van der Waals surface area contributed by atoms with Gasteiger partial charge in [0.05, 0.1) is 21.2 Å². The highest BCUT2D eigenvalue weighted by molar-refractivity contribution is 5.76. The van der Waals surface area contributed by atoms with E-state index in [1.165, 1.54) is 24.3 Å². The Morgan fingerprint density at radius 2 is 1.00 bits per heavy atom. The maximum atomic E-state index is 10.9. The van der Waals surface area contributed by atoms with Crippen LogP contribution < -0.4 is 0 Å². The minimum Gasteiger partial charge on any atom is -0.265 e. The van der Waals surface area contributed by atoms with Crippen LogP contribution in [0.2, 0.25) is 0 Å². The molecule has 2 aromatic heterocycles. The van der Waals surface area contributed by atoms with Crippen molar-refractivity contribution in [1.29, 1.82) is 0 Å². The summed E-state index contributed by atoms with van der Waals surface area (Å²) in [6.45, 7) is 0. The van der Waals surface area contributed by atoms with E-state index in [9.17, 15) is 20.2 Å². The van der Waals surface area contributed by atoms with Gasteiger partial charge in [-0.05, 0) is 59.7 Å². The van der Waals surface area contributed by atoms with Crippen molar-refractivity contribution in [2.24, 2.45) is 0 Å². The summed E-state index contributed by atoms with van der Waals surface area (Å²) in [5, 5.41) is 21.9. The Balaban J connectivity index is 1.84. The van der Waals surface area contributed by atoms with Crippen molar-refractivity contribution in [3.63, 3.8) is 0 Å². The van der Waals surface area contributed by atoms with Crippen LogP contribution in [0.4, 0.5) is 11.4 Å². The lowest BCUT2D eigenvalue weighted by molar-refractivity contribution is -0.385. The van der Waals surface area contributed by atoms with Crippen molar-refractivity contribution < 1.29 is 9.85 Å². The standard InChI is InChI=1S/C22H14N4O4/c27-25(28)19-5-1-16(2-6-19)21-13-18(15-9-11-23-12-10-15)14-22(24-21)17-3-7-20(8-4-17)26(29)30/h1-14H. The Hall–Kier alpha value is -4.46. The summed E-state index contributed by atoms with van der Waals surface area (Å²) < 4.78 is 0. The third-order valence-corrected chi connectivity index (χ3v) is 4.59. The molecule has 30 heavy (non-hydrogen) atoms. The van der Waals surface area contributed by atoms with Gasteiger partial charge in [-0.1, -0.05) is 0 Å². The van der Waals surface area contributed by atoms with Crippen LogP contribution in [0.3, 0.4) is 0 Å². The minimum absolute atomic E-state index is 0.000342. The number of hydrogen-bond donors (Lipinski definition) is 0. The SMILES string of the molecule is O=[N+]([O-])c1ccc(-c2cc(-c3ccncc3)cc(-c3ccc([N+](=O)[O-])cc3)n2)cc1. The molecule has 2 heterocycles. The fourth-order valence-electron chi connectivity index (χ4n) is 3.05. The zero-order valence-corrected chi connectivity index (χ0v) is 15.5. The number of nitro groups is 2. The van der Waals surface area contributed by atoms with Gasteiger partial charge in [0.1, 0.15) is 0 Å². The normalized spacial score (nSPS) is 10.5. The Bertz CT molecular complexity index is 1150. The molecule has 0 N–H and O–H groups in total. The summed E-state index contributed by atoms with van der Waals surface area (Å²) in [6, 6.07) is 19.9. The molecule has 0 bridgehead atoms. The van der Waals surface area contributed by atoms with E-state index in [1.807, 2.05) is 24.3 Å². The first-order chi connectivity index (χ1) is 14.5. The average molecular weight is 398 g/mol. The molecule has 0 radical (unpaired) electrons. The average Bonchev–Trinajstić information content (AvgIpc) is 2.79. The molecule has 146 valence electrons. The predicted molar refractivity (Wildman–Crippen MR) is 112 cm³/mol. The summed E-state index contributed by atoms with van der Waals surface area (Å²) in [4.78, 5) is 29.7. The molecule has 0 atom stereocenters. The van der Waals surface area contributed by atoms with Gasteiger partial charge >= 0.3 is 0 Å². The van der Waals surface area contributed by atoms with E-state index in [2.05, 4.69) is 4.98 Å². The zero-order valence-electron chi connectivity index (χ0n) is 15.5. The van der Waals surface area contributed by atoms with E-state index >= 15 is 0 Å². The molecule has 0 unspecified atom stereocenters. The highest BCUT2D eigenvalue weighted by Gasteiger charge is 2.12. The van der Waals surface area contributed by atoms with Crippen LogP contribution in [0.15, 0.2) is 85.2 Å². The maximum Gasteiger partial charge on any atom is 0.269 e. The molecule has 8 heteroatoms. The van der Waals surface area contributed by atoms with Crippen LogP contribution in [0, 0.1) is 20.2 Å². The van der Waals surface area contributed by atoms with Crippen LogP contribution >= 0.6 is 0 Å². The lowest BCUT2D eigenvalue weighted by atomic mass is 10.0. The van der Waals surface area contributed by atoms with Gasteiger partial charge in [-0.2, -0.15) is 0 Å². The van der Waals surface area contributed by atoms with E-state index in [4.69, 9.17) is 4.98 Å². The van der Waals surface area contributed by atoms with Crippen molar-refractivity contribution in [2.45, 2.75) is 0 Å². The van der Waals surface area contributed by atoms with Gasteiger partial charge < -0.3 is 0 Å². The van der Waals surface area contributed by atoms with Gasteiger partial charge in [-0.25, -0.2) is 4.98 Å². The van der Waals surface area contributed by atoms with Crippen LogP contribution in [0.1, 0.15) is 0 Å². The van der Waals surface area contributed by atoms with Gasteiger partial charge in [-0.15, -0.1) is 0 Å². The summed E-state index contributed by atoms with van der Waals surface area (Å²) >= 11 is 0. The maximum absolute atomic E-state index is 10.9. The number of non-ortho nitro benzene ring substituents is 2. The smallest absolute Gasteiger partial charge is 0.265 e. The second-order valence-corrected chi connectivity index (χ2v) is 6.47. The highest BCUT2D eigenvalue weighted by Crippen LogP contribution is 2.31. The third-order valence-electron chi connectivity index (χ3n) is 4.59. The first-order valence-corrected chi connectivity index (χ1v) is 8.93. The fraction of sp³-hybridized carbons (Fsp3) is 0. The summed E-state index contributed by atoms with van der Waals surface area (Å²) in [5.74, 6) is 0. The lowest BCUT2D eigenvalue weighted by Crippen LogP contribution is -1.93. The van der Waals surface area contributed by atoms with Crippen LogP contribution in [0.25, 0.3) is 33.6 Å². The lowest BCUT2D eigenvalue weighted by Gasteiger charge is -2.10. The number of benzene rings is 2. The number of nitro benzene ring substituents is 2. The molecule has 0 saturated carbocycles. The second kappa shape index (κ2) is 7.88. The Labute approximate surface area is 170 Å². The quantitative estimate of drug-likeness (QED) is 0.333. The second-order valence-electron chi connectivity index (χ2n) is 6.47. The third kappa shape index (κ3) is 3.88. The molecular formula is C22H14N4O4. The molecule has 0 aliphatic heterocycles. The van der Waals surface area contributed by atoms with Crippen molar-refractivity contribution in [3.8, 4) is 33.6 Å². The molecule has 0 saturated heterocycles. The Morgan fingerprint density at radius 3 is 1.40 bits per heavy atom. The largest absolute Gasteiger partial charge is 0.269 e. The molecule has 4 aromatic rings. The van der Waals surface area contributed by atoms with Crippen LogP contribution in [-0.4, -0.2) is 19.8 Å². The summed E-state index contributed by atoms with van der Waals surface area (Å²) in [5.41, 5.74) is 4.52. The fourth-order valence-corrected chi connectivity index (χ4v) is 3.05. The van der Waals surface area contributed by atoms with Gasteiger partial charge in [0.25, 0.3) is 11.4 Å². The first kappa shape index (κ1) is 18.9. The number of hydrogen-bond acceptors (Lipinski definition) is 6. The van der Waals surface area contributed by atoms with E-state index in [-0.39, 0.29) is 11.4 Å². The summed E-state index contributed by atoms with van der Waals surface area (Å²) in [7, 11) is 0. The molecule has 0 spiro atoms. The Morgan fingerprint density at radius 1 is 0.567 bits per heavy atom. The van der Waals surface area contributed by atoms with E-state index in [0.29, 0.717) is 11.4 Å². The van der Waals surface area contributed by atoms with E-state index in [1.54, 1.807) is 36.7 Å². The van der Waals surface area contributed by atoms with Crippen molar-refractivity contribution >= 4 is 11.4 Å². The topological polar surface area (TPSA) is 112 Å². The van der Waals surface area contributed by atoms with Gasteiger partial charge in [0.2, 0.25) is 0 Å². The highest BCUT2D eigenvalue weighted by atomic mass is 16.6. The Kier molecular flexibility index (Phi) is 4.96. The number of aromatic nitrogens is 2. The molecule has 2 aromatic carbocycles. The van der Waals surface area contributed by atoms with Crippen LogP contribution in [0.5, 0.6) is 0 Å². The molecular weight excluding hydrogens is 384 g/mol. The predicted octanol–water partition coefficient (Wildman–Crippen LogP) is 5.29. The van der Waals surface area contributed by atoms with Gasteiger partial charge in [-0.3, -0.25) is 25.2 Å². The van der Waals surface area contributed by atoms with Gasteiger partial charge in [0.15, 0.2) is 0 Å². The summed E-state index contributed by atoms with van der Waals surface area (Å²) in [6.07, 6.45) is 3.37. The molecule has 4 rings (SSSR count). The van der Waals surface area contributed by atoms with Crippen molar-refractivity contribution in [1.82, 2.24) is 9.97 Å². The minimum atomic E-state index is -0.451. The first-order valence-electron chi connectivity index (χ1n) is 8.93. The van der Waals surface area contributed by atoms with E-state index in [0.717, 1.165) is 22.3 Å². The van der Waals surface area contributed by atoms with Gasteiger partial charge in [0, 0.05) is 47.8 Å². The number of pyridine rings is 2. The molecule has 0 aliphatic carbocycles. The molecule has 0 amide bonds. The molecule has 0 aliphatic rings. The number of rotatable bonds is 5. The van der Waals surface area contributed by atoms with E-state index < -0.39 is 9.85 Å². The van der Waals surface area contributed by atoms with Crippen LogP contribution in [-0.2, 0) is 0 Å². The van der Waals surface area contributed by atoms with Crippen molar-refractivity contribution in [2.75, 3.05) is 0 Å². The molecule has 8 nitrogen and oxygen atoms in total.